The van der Waals surface area contributed by atoms with Crippen LogP contribution in [0.2, 0.25) is 0 Å². The highest BCUT2D eigenvalue weighted by molar-refractivity contribution is 5.74. The van der Waals surface area contributed by atoms with Crippen LogP contribution in [0.25, 0.3) is 0 Å². The molecule has 2 heterocycles. The van der Waals surface area contributed by atoms with Crippen molar-refractivity contribution in [2.45, 2.75) is 68.1 Å². The average Bonchev–Trinajstić information content (AvgIpc) is 2.58. The van der Waals surface area contributed by atoms with Crippen LogP contribution in [-0.2, 0) is 28.5 Å². The van der Waals surface area contributed by atoms with Crippen LogP contribution in [0, 0.1) is 0 Å². The number of ether oxygens (including phenoxy) is 4. The predicted molar refractivity (Wildman–Crippen MR) is 78.0 cm³/mol. The van der Waals surface area contributed by atoms with Crippen LogP contribution in [-0.4, -0.2) is 111 Å². The summed E-state index contributed by atoms with van der Waals surface area (Å²) in [7, 11) is 1.11. The standard InChI is InChI=1S/C14H22O12/c1-3-4(15)5(16)9(11(24-3)13(21)22)25-14-7(18)6(17)8(23-2)10(26-14)12(19)20/h3-11,14-18H,1-2H3,(H,19,20)(H,21,22)/t3-,4+,5+,6+,7-,8-,9+,10-,11+,14+/m0/s1. The Morgan fingerprint density at radius 1 is 0.808 bits per heavy atom. The third-order valence-electron chi connectivity index (χ3n) is 4.42. The van der Waals surface area contributed by atoms with E-state index < -0.39 is 73.2 Å². The van der Waals surface area contributed by atoms with E-state index in [2.05, 4.69) is 0 Å². The molecule has 0 saturated carbocycles. The van der Waals surface area contributed by atoms with Crippen molar-refractivity contribution in [1.82, 2.24) is 0 Å². The van der Waals surface area contributed by atoms with E-state index in [0.717, 1.165) is 7.11 Å². The summed E-state index contributed by atoms with van der Waals surface area (Å²) in [4.78, 5) is 22.6. The Balaban J connectivity index is 2.23. The first-order chi connectivity index (χ1) is 12.1. The summed E-state index contributed by atoms with van der Waals surface area (Å²) in [5.74, 6) is -3.02. The molecule has 2 fully saturated rings. The lowest BCUT2D eigenvalue weighted by molar-refractivity contribution is -0.334. The number of carboxylic acid groups (broad SMARTS) is 2. The SMILES string of the molecule is CO[C@H]1[C@H](O)[C@H](O)[C@H](O[C@@H]2[C@H](O)[C@H](O)[C@H](C)O[C@H]2C(=O)O)O[C@@H]1C(=O)O. The van der Waals surface area contributed by atoms with Crippen LogP contribution in [0.1, 0.15) is 6.92 Å². The van der Waals surface area contributed by atoms with Gasteiger partial charge in [0.25, 0.3) is 0 Å². The normalized spacial score (nSPS) is 46.7. The fourth-order valence-electron chi connectivity index (χ4n) is 2.96. The van der Waals surface area contributed by atoms with Gasteiger partial charge in [-0.3, -0.25) is 0 Å². The number of hydrogen-bond acceptors (Lipinski definition) is 10. The maximum atomic E-state index is 11.4. The molecule has 2 aliphatic heterocycles. The summed E-state index contributed by atoms with van der Waals surface area (Å²) in [5.41, 5.74) is 0. The minimum absolute atomic E-state index is 1.02. The van der Waals surface area contributed by atoms with Crippen molar-refractivity contribution in [3.8, 4) is 0 Å². The number of aliphatic hydroxyl groups is 4. The fourth-order valence-corrected chi connectivity index (χ4v) is 2.96. The van der Waals surface area contributed by atoms with Gasteiger partial charge in [0.15, 0.2) is 18.5 Å². The molecule has 0 aromatic rings. The largest absolute Gasteiger partial charge is 0.479 e. The molecule has 0 amide bonds. The molecule has 10 atom stereocenters. The second-order valence-corrected chi connectivity index (χ2v) is 6.13. The molecule has 0 spiro atoms. The van der Waals surface area contributed by atoms with E-state index in [9.17, 15) is 40.2 Å². The number of aliphatic hydroxyl groups excluding tert-OH is 4. The number of carbonyl (C=O) groups is 2. The maximum Gasteiger partial charge on any atom is 0.335 e. The summed E-state index contributed by atoms with van der Waals surface area (Å²) in [6.07, 6.45) is -16.1. The third kappa shape index (κ3) is 3.82. The van der Waals surface area contributed by atoms with Crippen LogP contribution in [0.4, 0.5) is 0 Å². The van der Waals surface area contributed by atoms with Gasteiger partial charge in [0.1, 0.15) is 36.6 Å². The Bertz CT molecular complexity index is 526. The molecule has 12 nitrogen and oxygen atoms in total. The van der Waals surface area contributed by atoms with Crippen molar-refractivity contribution in [2.24, 2.45) is 0 Å². The highest BCUT2D eigenvalue weighted by Gasteiger charge is 2.53. The molecule has 0 aromatic heterocycles. The highest BCUT2D eigenvalue weighted by atomic mass is 16.7. The molecule has 0 bridgehead atoms. The predicted octanol–water partition coefficient (Wildman–Crippen LogP) is -3.49. The summed E-state index contributed by atoms with van der Waals surface area (Å²) >= 11 is 0. The maximum absolute atomic E-state index is 11.4. The quantitative estimate of drug-likeness (QED) is 0.275. The Morgan fingerprint density at radius 3 is 1.81 bits per heavy atom. The van der Waals surface area contributed by atoms with Gasteiger partial charge >= 0.3 is 11.9 Å². The summed E-state index contributed by atoms with van der Waals surface area (Å²) in [5, 5.41) is 58.5. The van der Waals surface area contributed by atoms with Gasteiger partial charge in [-0.05, 0) is 6.92 Å². The van der Waals surface area contributed by atoms with Crippen molar-refractivity contribution in [3.63, 3.8) is 0 Å². The summed E-state index contributed by atoms with van der Waals surface area (Å²) in [6, 6.07) is 0. The van der Waals surface area contributed by atoms with Gasteiger partial charge in [-0.2, -0.15) is 0 Å². The van der Waals surface area contributed by atoms with Crippen molar-refractivity contribution in [1.29, 1.82) is 0 Å². The molecule has 0 radical (unpaired) electrons. The zero-order valence-corrected chi connectivity index (χ0v) is 13.9. The minimum Gasteiger partial charge on any atom is -0.479 e. The molecule has 150 valence electrons. The van der Waals surface area contributed by atoms with E-state index in [-0.39, 0.29) is 0 Å². The first-order valence-electron chi connectivity index (χ1n) is 7.77. The fraction of sp³-hybridized carbons (Fsp3) is 0.857. The molecular weight excluding hydrogens is 360 g/mol. The minimum atomic E-state index is -1.82. The number of aliphatic carboxylic acids is 2. The Kier molecular flexibility index (Phi) is 6.52. The molecule has 0 aliphatic carbocycles. The Labute approximate surface area is 147 Å². The van der Waals surface area contributed by atoms with Crippen molar-refractivity contribution in [2.75, 3.05) is 7.11 Å². The van der Waals surface area contributed by atoms with E-state index >= 15 is 0 Å². The second kappa shape index (κ2) is 8.10. The average molecular weight is 382 g/mol. The lowest BCUT2D eigenvalue weighted by Crippen LogP contribution is -2.65. The lowest BCUT2D eigenvalue weighted by atomic mass is 9.94. The van der Waals surface area contributed by atoms with Crippen molar-refractivity contribution in [3.05, 3.63) is 0 Å². The van der Waals surface area contributed by atoms with Crippen molar-refractivity contribution < 1.29 is 59.2 Å². The zero-order chi connectivity index (χ0) is 19.8. The summed E-state index contributed by atoms with van der Waals surface area (Å²) in [6.45, 7) is 1.35. The number of rotatable bonds is 5. The Morgan fingerprint density at radius 2 is 1.31 bits per heavy atom. The molecule has 0 unspecified atom stereocenters. The number of carboxylic acids is 2. The molecule has 12 heteroatoms. The molecule has 2 rings (SSSR count). The topological polar surface area (TPSA) is 192 Å². The van der Waals surface area contributed by atoms with E-state index in [0.29, 0.717) is 0 Å². The van der Waals surface area contributed by atoms with Crippen molar-refractivity contribution >= 4 is 11.9 Å². The molecule has 2 saturated heterocycles. The van der Waals surface area contributed by atoms with Crippen LogP contribution in [0.15, 0.2) is 0 Å². The molecular formula is C14H22O12. The van der Waals surface area contributed by atoms with Crippen LogP contribution < -0.4 is 0 Å². The van der Waals surface area contributed by atoms with Gasteiger partial charge in [0.05, 0.1) is 6.10 Å². The van der Waals surface area contributed by atoms with Gasteiger partial charge in [0.2, 0.25) is 0 Å². The van der Waals surface area contributed by atoms with Gasteiger partial charge in [0, 0.05) is 7.11 Å². The van der Waals surface area contributed by atoms with E-state index in [4.69, 9.17) is 18.9 Å². The molecule has 2 aliphatic rings. The third-order valence-corrected chi connectivity index (χ3v) is 4.42. The Hall–Kier alpha value is -1.38. The van der Waals surface area contributed by atoms with Gasteiger partial charge in [-0.25, -0.2) is 9.59 Å². The number of hydrogen-bond donors (Lipinski definition) is 6. The lowest BCUT2D eigenvalue weighted by Gasteiger charge is -2.45. The van der Waals surface area contributed by atoms with Gasteiger partial charge < -0.3 is 49.6 Å². The molecule has 6 N–H and O–H groups in total. The van der Waals surface area contributed by atoms with E-state index in [1.165, 1.54) is 6.92 Å². The highest BCUT2D eigenvalue weighted by Crippen LogP contribution is 2.30. The van der Waals surface area contributed by atoms with Crippen LogP contribution in [0.3, 0.4) is 0 Å². The first-order valence-corrected chi connectivity index (χ1v) is 7.77. The first kappa shape index (κ1) is 20.9. The zero-order valence-electron chi connectivity index (χ0n) is 13.9. The molecule has 26 heavy (non-hydrogen) atoms. The van der Waals surface area contributed by atoms with E-state index in [1.807, 2.05) is 0 Å². The number of methoxy groups -OCH3 is 1. The second-order valence-electron chi connectivity index (χ2n) is 6.13. The van der Waals surface area contributed by atoms with E-state index in [1.54, 1.807) is 0 Å². The summed E-state index contributed by atoms with van der Waals surface area (Å²) < 4.78 is 20.2. The van der Waals surface area contributed by atoms with Gasteiger partial charge in [-0.1, -0.05) is 0 Å². The smallest absolute Gasteiger partial charge is 0.335 e. The van der Waals surface area contributed by atoms with Crippen LogP contribution >= 0.6 is 0 Å². The molecule has 0 aromatic carbocycles. The van der Waals surface area contributed by atoms with Crippen LogP contribution in [0.5, 0.6) is 0 Å². The monoisotopic (exact) mass is 382 g/mol. The van der Waals surface area contributed by atoms with Gasteiger partial charge in [-0.15, -0.1) is 0 Å².